The molecule has 0 aromatic carbocycles. The number of carbonyl (C=O) groups excluding carboxylic acids is 2. The Kier molecular flexibility index (Phi) is 5.43. The molecule has 0 saturated heterocycles. The van der Waals surface area contributed by atoms with Gasteiger partial charge in [0.15, 0.2) is 6.61 Å². The summed E-state index contributed by atoms with van der Waals surface area (Å²) >= 11 is 0. The van der Waals surface area contributed by atoms with Crippen molar-refractivity contribution in [3.8, 4) is 0 Å². The maximum Gasteiger partial charge on any atom is 0.422 e. The van der Waals surface area contributed by atoms with Crippen molar-refractivity contribution < 1.29 is 27.5 Å². The van der Waals surface area contributed by atoms with Crippen LogP contribution < -0.4 is 5.32 Å². The lowest BCUT2D eigenvalue weighted by Gasteiger charge is -2.06. The number of halogens is 3. The summed E-state index contributed by atoms with van der Waals surface area (Å²) in [5.41, 5.74) is 0. The second-order valence-electron chi connectivity index (χ2n) is 2.66. The molecule has 0 rings (SSSR count). The molecule has 0 aliphatic rings. The van der Waals surface area contributed by atoms with Gasteiger partial charge in [-0.15, -0.1) is 0 Å². The topological polar surface area (TPSA) is 55.4 Å². The third-order valence-corrected chi connectivity index (χ3v) is 1.23. The van der Waals surface area contributed by atoms with Crippen LogP contribution in [0, 0.1) is 0 Å². The van der Waals surface area contributed by atoms with Crippen molar-refractivity contribution in [2.75, 3.05) is 6.61 Å². The lowest BCUT2D eigenvalue weighted by molar-refractivity contribution is -0.182. The zero-order chi connectivity index (χ0) is 11.9. The van der Waals surface area contributed by atoms with Gasteiger partial charge in [-0.05, 0) is 6.92 Å². The largest absolute Gasteiger partial charge is 0.453 e. The molecule has 0 bridgehead atoms. The molecule has 0 aromatic rings. The number of esters is 1. The number of hydrogen-bond donors (Lipinski definition) is 1. The van der Waals surface area contributed by atoms with E-state index in [2.05, 4.69) is 10.1 Å². The SMILES string of the molecule is CC(/C=C/C(=O)OCC(F)(F)F)NC=O. The second kappa shape index (κ2) is 6.05. The van der Waals surface area contributed by atoms with Gasteiger partial charge in [0.1, 0.15) is 0 Å². The first-order valence-corrected chi connectivity index (χ1v) is 3.96. The van der Waals surface area contributed by atoms with Crippen LogP contribution >= 0.6 is 0 Å². The van der Waals surface area contributed by atoms with E-state index in [1.54, 1.807) is 6.92 Å². The van der Waals surface area contributed by atoms with Crippen LogP contribution in [0.3, 0.4) is 0 Å². The number of hydrogen-bond acceptors (Lipinski definition) is 3. The average molecular weight is 225 g/mol. The molecule has 86 valence electrons. The van der Waals surface area contributed by atoms with Gasteiger partial charge in [-0.2, -0.15) is 13.2 Å². The van der Waals surface area contributed by atoms with Crippen LogP contribution in [0.1, 0.15) is 6.92 Å². The number of nitrogens with one attached hydrogen (secondary N) is 1. The van der Waals surface area contributed by atoms with Gasteiger partial charge in [0, 0.05) is 12.1 Å². The standard InChI is InChI=1S/C8H10F3NO3/c1-6(12-5-13)2-3-7(14)15-4-8(9,10)11/h2-3,5-6H,4H2,1H3,(H,12,13)/b3-2+. The van der Waals surface area contributed by atoms with Crippen LogP contribution in [0.4, 0.5) is 13.2 Å². The Bertz CT molecular complexity index is 250. The molecule has 0 aromatic heterocycles. The molecule has 4 nitrogen and oxygen atoms in total. The molecule has 1 amide bonds. The summed E-state index contributed by atoms with van der Waals surface area (Å²) in [6, 6.07) is -0.444. The molecule has 7 heteroatoms. The minimum Gasteiger partial charge on any atom is -0.453 e. The van der Waals surface area contributed by atoms with Crippen molar-refractivity contribution >= 4 is 12.4 Å². The highest BCUT2D eigenvalue weighted by Crippen LogP contribution is 2.14. The summed E-state index contributed by atoms with van der Waals surface area (Å²) in [6.45, 7) is -0.0758. The molecule has 0 saturated carbocycles. The van der Waals surface area contributed by atoms with E-state index in [4.69, 9.17) is 0 Å². The second-order valence-corrected chi connectivity index (χ2v) is 2.66. The van der Waals surface area contributed by atoms with Crippen LogP contribution in [-0.4, -0.2) is 31.2 Å². The van der Waals surface area contributed by atoms with E-state index in [0.29, 0.717) is 6.41 Å². The number of ether oxygens (including phenoxy) is 1. The molecule has 0 aliphatic heterocycles. The predicted octanol–water partition coefficient (Wildman–Crippen LogP) is 0.783. The molecule has 0 heterocycles. The lowest BCUT2D eigenvalue weighted by Crippen LogP contribution is -2.23. The molecular formula is C8H10F3NO3. The molecule has 1 atom stereocenters. The Balaban J connectivity index is 3.88. The fourth-order valence-electron chi connectivity index (χ4n) is 0.587. The van der Waals surface area contributed by atoms with Crippen molar-refractivity contribution in [1.82, 2.24) is 5.32 Å². The Morgan fingerprint density at radius 2 is 2.13 bits per heavy atom. The Labute approximate surface area is 84.1 Å². The molecule has 1 unspecified atom stereocenters. The number of rotatable bonds is 5. The van der Waals surface area contributed by atoms with Crippen LogP contribution in [0.2, 0.25) is 0 Å². The van der Waals surface area contributed by atoms with Crippen molar-refractivity contribution in [2.45, 2.75) is 19.1 Å². The first kappa shape index (κ1) is 13.5. The van der Waals surface area contributed by atoms with Crippen LogP contribution in [0.15, 0.2) is 12.2 Å². The summed E-state index contributed by atoms with van der Waals surface area (Å²) in [5, 5.41) is 2.28. The van der Waals surface area contributed by atoms with Gasteiger partial charge in [0.05, 0.1) is 0 Å². The third kappa shape index (κ3) is 8.79. The van der Waals surface area contributed by atoms with E-state index in [1.807, 2.05) is 0 Å². The van der Waals surface area contributed by atoms with Crippen molar-refractivity contribution in [3.05, 3.63) is 12.2 Å². The van der Waals surface area contributed by atoms with Gasteiger partial charge in [-0.1, -0.05) is 6.08 Å². The zero-order valence-electron chi connectivity index (χ0n) is 7.88. The summed E-state index contributed by atoms with van der Waals surface area (Å²) < 4.78 is 38.6. The normalized spacial score (nSPS) is 13.6. The molecule has 0 fully saturated rings. The van der Waals surface area contributed by atoms with Crippen LogP contribution in [0.25, 0.3) is 0 Å². The molecule has 0 spiro atoms. The Morgan fingerprint density at radius 3 is 2.60 bits per heavy atom. The smallest absolute Gasteiger partial charge is 0.422 e. The molecule has 15 heavy (non-hydrogen) atoms. The lowest BCUT2D eigenvalue weighted by atomic mass is 10.3. The minimum atomic E-state index is -4.53. The first-order valence-electron chi connectivity index (χ1n) is 3.96. The number of carbonyl (C=O) groups is 2. The van der Waals surface area contributed by atoms with Gasteiger partial charge in [-0.25, -0.2) is 4.79 Å². The van der Waals surface area contributed by atoms with E-state index in [9.17, 15) is 22.8 Å². The minimum absolute atomic E-state index is 0.413. The highest BCUT2D eigenvalue weighted by Gasteiger charge is 2.29. The number of alkyl halides is 3. The van der Waals surface area contributed by atoms with Crippen LogP contribution in [-0.2, 0) is 14.3 Å². The Hall–Kier alpha value is -1.53. The summed E-state index contributed by atoms with van der Waals surface area (Å²) in [5.74, 6) is -1.10. The highest BCUT2D eigenvalue weighted by atomic mass is 19.4. The van der Waals surface area contributed by atoms with Gasteiger partial charge in [0.25, 0.3) is 0 Å². The van der Waals surface area contributed by atoms with Crippen molar-refractivity contribution in [3.63, 3.8) is 0 Å². The van der Waals surface area contributed by atoms with E-state index in [0.717, 1.165) is 6.08 Å². The van der Waals surface area contributed by atoms with E-state index in [-0.39, 0.29) is 0 Å². The highest BCUT2D eigenvalue weighted by molar-refractivity contribution is 5.82. The fourth-order valence-corrected chi connectivity index (χ4v) is 0.587. The quantitative estimate of drug-likeness (QED) is 0.427. The average Bonchev–Trinajstić information content (AvgIpc) is 2.11. The first-order chi connectivity index (χ1) is 6.85. The molecular weight excluding hydrogens is 215 g/mol. The van der Waals surface area contributed by atoms with E-state index >= 15 is 0 Å². The van der Waals surface area contributed by atoms with Crippen molar-refractivity contribution in [2.24, 2.45) is 0 Å². The zero-order valence-corrected chi connectivity index (χ0v) is 7.88. The van der Waals surface area contributed by atoms with Gasteiger partial charge >= 0.3 is 12.1 Å². The number of amides is 1. The van der Waals surface area contributed by atoms with Gasteiger partial charge in [-0.3, -0.25) is 4.79 Å². The Morgan fingerprint density at radius 1 is 1.53 bits per heavy atom. The summed E-state index contributed by atoms with van der Waals surface area (Å²) in [6.07, 6.45) is -2.08. The molecule has 1 N–H and O–H groups in total. The fraction of sp³-hybridized carbons (Fsp3) is 0.500. The maximum atomic E-state index is 11.6. The van der Waals surface area contributed by atoms with E-state index < -0.39 is 24.8 Å². The summed E-state index contributed by atoms with van der Waals surface area (Å²) in [7, 11) is 0. The predicted molar refractivity (Wildman–Crippen MR) is 44.8 cm³/mol. The van der Waals surface area contributed by atoms with Gasteiger partial charge < -0.3 is 10.1 Å². The van der Waals surface area contributed by atoms with Gasteiger partial charge in [0.2, 0.25) is 6.41 Å². The van der Waals surface area contributed by atoms with E-state index in [1.165, 1.54) is 6.08 Å². The maximum absolute atomic E-state index is 11.6. The summed E-state index contributed by atoms with van der Waals surface area (Å²) in [4.78, 5) is 20.6. The van der Waals surface area contributed by atoms with Crippen LogP contribution in [0.5, 0.6) is 0 Å². The third-order valence-electron chi connectivity index (χ3n) is 1.23. The monoisotopic (exact) mass is 225 g/mol. The van der Waals surface area contributed by atoms with Crippen molar-refractivity contribution in [1.29, 1.82) is 0 Å². The molecule has 0 aliphatic carbocycles. The molecule has 0 radical (unpaired) electrons.